The second-order valence-electron chi connectivity index (χ2n) is 7.08. The number of hydrogen-bond donors (Lipinski definition) is 1. The lowest BCUT2D eigenvalue weighted by Crippen LogP contribution is -2.47. The third-order valence-electron chi connectivity index (χ3n) is 4.36. The van der Waals surface area contributed by atoms with Crippen LogP contribution < -0.4 is 9.62 Å². The minimum Gasteiger partial charge on any atom is -0.309 e. The van der Waals surface area contributed by atoms with Crippen LogP contribution >= 0.6 is 0 Å². The minimum absolute atomic E-state index is 0.0625. The lowest BCUT2D eigenvalue weighted by Gasteiger charge is -2.30. The van der Waals surface area contributed by atoms with Gasteiger partial charge < -0.3 is 4.90 Å². The van der Waals surface area contributed by atoms with Gasteiger partial charge in [0.15, 0.2) is 0 Å². The highest BCUT2D eigenvalue weighted by Gasteiger charge is 2.33. The van der Waals surface area contributed by atoms with Crippen molar-refractivity contribution < 1.29 is 22.4 Å². The smallest absolute Gasteiger partial charge is 0.257 e. The molecule has 2 amide bonds. The number of halogens is 1. The van der Waals surface area contributed by atoms with E-state index in [1.165, 1.54) is 41.3 Å². The van der Waals surface area contributed by atoms with E-state index in [4.69, 9.17) is 0 Å². The topological polar surface area (TPSA) is 83.5 Å². The Balaban J connectivity index is 2.25. The van der Waals surface area contributed by atoms with E-state index in [0.717, 1.165) is 5.41 Å². The zero-order chi connectivity index (χ0) is 23.0. The van der Waals surface area contributed by atoms with Crippen molar-refractivity contribution in [3.63, 3.8) is 0 Å². The van der Waals surface area contributed by atoms with Gasteiger partial charge in [-0.1, -0.05) is 36.4 Å². The minimum atomic E-state index is -4.13. The third-order valence-corrected chi connectivity index (χ3v) is 5.34. The highest BCUT2D eigenvalue weighted by molar-refractivity contribution is 7.93. The molecular weight excluding hydrogens is 419 g/mol. The summed E-state index contributed by atoms with van der Waals surface area (Å²) >= 11 is 0. The van der Waals surface area contributed by atoms with Gasteiger partial charge in [-0.2, -0.15) is 0 Å². The Hall–Kier alpha value is -3.26. The molecule has 0 saturated carbocycles. The average Bonchev–Trinajstić information content (AvgIpc) is 2.72. The van der Waals surface area contributed by atoms with Gasteiger partial charge in [0.1, 0.15) is 11.7 Å². The Morgan fingerprint density at radius 1 is 1.10 bits per heavy atom. The Labute approximate surface area is 182 Å². The maximum atomic E-state index is 13.3. The quantitative estimate of drug-likeness (QED) is 0.470. The van der Waals surface area contributed by atoms with Crippen LogP contribution in [0.3, 0.4) is 0 Å². The number of allylic oxidation sites excluding steroid dienone is 1. The molecule has 1 atom stereocenters. The highest BCUT2D eigenvalue weighted by atomic mass is 32.2. The van der Waals surface area contributed by atoms with Crippen LogP contribution in [0.1, 0.15) is 25.8 Å². The molecule has 164 valence electrons. The van der Waals surface area contributed by atoms with E-state index in [1.807, 2.05) is 4.72 Å². The number of nitrogens with zero attached hydrogens (tertiary/aromatic N) is 1. The third kappa shape index (κ3) is 6.89. The van der Waals surface area contributed by atoms with Crippen LogP contribution in [-0.4, -0.2) is 26.3 Å². The predicted molar refractivity (Wildman–Crippen MR) is 120 cm³/mol. The van der Waals surface area contributed by atoms with Crippen LogP contribution in [0, 0.1) is 11.7 Å². The number of carbonyl (C=O) groups excluding carboxylic acids is 2. The molecule has 0 aliphatic carbocycles. The summed E-state index contributed by atoms with van der Waals surface area (Å²) in [4.78, 5) is 27.2. The number of benzene rings is 2. The second kappa shape index (κ2) is 10.7. The first-order chi connectivity index (χ1) is 14.6. The van der Waals surface area contributed by atoms with E-state index < -0.39 is 33.6 Å². The zero-order valence-corrected chi connectivity index (χ0v) is 18.2. The summed E-state index contributed by atoms with van der Waals surface area (Å²) < 4.78 is 39.9. The Bertz CT molecular complexity index is 1050. The molecule has 0 fully saturated rings. The highest BCUT2D eigenvalue weighted by Crippen LogP contribution is 2.22. The molecule has 0 bridgehead atoms. The fourth-order valence-corrected chi connectivity index (χ4v) is 3.74. The van der Waals surface area contributed by atoms with Crippen LogP contribution in [0.25, 0.3) is 6.08 Å². The summed E-state index contributed by atoms with van der Waals surface area (Å²) in [6, 6.07) is 13.6. The first kappa shape index (κ1) is 24.0. The van der Waals surface area contributed by atoms with Crippen LogP contribution in [0.4, 0.5) is 10.1 Å². The summed E-state index contributed by atoms with van der Waals surface area (Å²) in [7, 11) is -4.13. The number of carbonyl (C=O) groups is 2. The lowest BCUT2D eigenvalue weighted by molar-refractivity contribution is -0.132. The van der Waals surface area contributed by atoms with Gasteiger partial charge in [0.2, 0.25) is 11.8 Å². The number of amides is 2. The number of nitrogens with one attached hydrogen (secondary N) is 1. The lowest BCUT2D eigenvalue weighted by atomic mass is 10.0. The Morgan fingerprint density at radius 3 is 2.26 bits per heavy atom. The van der Waals surface area contributed by atoms with Gasteiger partial charge in [-0.05, 0) is 56.2 Å². The van der Waals surface area contributed by atoms with Crippen molar-refractivity contribution in [1.82, 2.24) is 4.72 Å². The maximum absolute atomic E-state index is 13.3. The molecule has 2 aromatic carbocycles. The summed E-state index contributed by atoms with van der Waals surface area (Å²) in [5.41, 5.74) is 1.04. The molecular formula is C23H25FN2O4S. The molecule has 2 rings (SSSR count). The van der Waals surface area contributed by atoms with E-state index in [9.17, 15) is 22.4 Å². The van der Waals surface area contributed by atoms with Crippen molar-refractivity contribution >= 4 is 33.6 Å². The van der Waals surface area contributed by atoms with Gasteiger partial charge in [-0.3, -0.25) is 9.59 Å². The van der Waals surface area contributed by atoms with E-state index in [0.29, 0.717) is 11.3 Å². The molecule has 6 nitrogen and oxygen atoms in total. The van der Waals surface area contributed by atoms with Crippen LogP contribution in [0.15, 0.2) is 72.7 Å². The van der Waals surface area contributed by atoms with E-state index in [2.05, 4.69) is 6.58 Å². The summed E-state index contributed by atoms with van der Waals surface area (Å²) in [6.45, 7) is 7.04. The van der Waals surface area contributed by atoms with Crippen molar-refractivity contribution in [2.24, 2.45) is 5.92 Å². The van der Waals surface area contributed by atoms with Gasteiger partial charge in [0.25, 0.3) is 10.0 Å². The van der Waals surface area contributed by atoms with Gasteiger partial charge in [-0.25, -0.2) is 17.5 Å². The largest absolute Gasteiger partial charge is 0.309 e. The van der Waals surface area contributed by atoms with Crippen molar-refractivity contribution in [2.45, 2.75) is 26.3 Å². The number of rotatable bonds is 9. The van der Waals surface area contributed by atoms with Crippen molar-refractivity contribution in [2.75, 3.05) is 4.90 Å². The Kier molecular flexibility index (Phi) is 8.27. The summed E-state index contributed by atoms with van der Waals surface area (Å²) in [5, 5.41) is 0.871. The first-order valence-corrected chi connectivity index (χ1v) is 11.2. The van der Waals surface area contributed by atoms with Crippen molar-refractivity contribution in [3.05, 3.63) is 84.0 Å². The molecule has 8 heteroatoms. The monoisotopic (exact) mass is 444 g/mol. The maximum Gasteiger partial charge on any atom is 0.257 e. The number of hydrogen-bond acceptors (Lipinski definition) is 4. The van der Waals surface area contributed by atoms with Gasteiger partial charge in [-0.15, -0.1) is 6.58 Å². The molecule has 0 aliphatic heterocycles. The van der Waals surface area contributed by atoms with E-state index in [-0.39, 0.29) is 12.5 Å². The van der Waals surface area contributed by atoms with Gasteiger partial charge in [0.05, 0.1) is 5.41 Å². The summed E-state index contributed by atoms with van der Waals surface area (Å²) in [6.07, 6.45) is 2.66. The van der Waals surface area contributed by atoms with Crippen molar-refractivity contribution in [3.8, 4) is 0 Å². The SMILES string of the molecule is C=CCC(C(=O)NS(=O)(=O)C=Cc1ccccc1)C(=O)N(c1ccc(F)cc1)C(C)C. The molecule has 0 radical (unpaired) electrons. The molecule has 1 N–H and O–H groups in total. The molecule has 1 unspecified atom stereocenters. The normalized spacial score (nSPS) is 12.5. The number of sulfonamides is 1. The molecule has 0 aliphatic rings. The molecule has 0 spiro atoms. The van der Waals surface area contributed by atoms with Gasteiger partial charge in [0, 0.05) is 11.7 Å². The fraction of sp³-hybridized carbons (Fsp3) is 0.217. The van der Waals surface area contributed by atoms with E-state index >= 15 is 0 Å². The van der Waals surface area contributed by atoms with Crippen LogP contribution in [-0.2, 0) is 19.6 Å². The molecule has 2 aromatic rings. The zero-order valence-electron chi connectivity index (χ0n) is 17.4. The Morgan fingerprint density at radius 2 is 1.71 bits per heavy atom. The summed E-state index contributed by atoms with van der Waals surface area (Å²) in [5.74, 6) is -3.35. The van der Waals surface area contributed by atoms with Crippen molar-refractivity contribution in [1.29, 1.82) is 0 Å². The van der Waals surface area contributed by atoms with Gasteiger partial charge >= 0.3 is 0 Å². The standard InChI is InChI=1S/C23H25FN2O4S/c1-4-8-21(23(28)26(17(2)3)20-13-11-19(24)12-14-20)22(27)25-31(29,30)16-15-18-9-6-5-7-10-18/h4-7,9-17,21H,1,8H2,2-3H3,(H,25,27). The predicted octanol–water partition coefficient (Wildman–Crippen LogP) is 3.88. The molecule has 0 aromatic heterocycles. The van der Waals surface area contributed by atoms with Crippen LogP contribution in [0.5, 0.6) is 0 Å². The molecule has 31 heavy (non-hydrogen) atoms. The number of anilines is 1. The molecule has 0 saturated heterocycles. The molecule has 0 heterocycles. The average molecular weight is 445 g/mol. The fourth-order valence-electron chi connectivity index (χ4n) is 2.91. The van der Waals surface area contributed by atoms with Crippen LogP contribution in [0.2, 0.25) is 0 Å². The van der Waals surface area contributed by atoms with E-state index in [1.54, 1.807) is 44.2 Å². The second-order valence-corrected chi connectivity index (χ2v) is 8.65. The first-order valence-electron chi connectivity index (χ1n) is 9.64.